The van der Waals surface area contributed by atoms with Crippen molar-refractivity contribution in [3.63, 3.8) is 0 Å². The molecule has 4 nitrogen and oxygen atoms in total. The Hall–Kier alpha value is -1.75. The molecule has 20 heavy (non-hydrogen) atoms. The van der Waals surface area contributed by atoms with E-state index in [0.717, 1.165) is 29.7 Å². The SMILES string of the molecule is CN(c1[nH]c(-c2ccccc2)cc1C1CC1)S(C)(=O)=O. The summed E-state index contributed by atoms with van der Waals surface area (Å²) >= 11 is 0. The number of hydrogen-bond donors (Lipinski definition) is 1. The van der Waals surface area contributed by atoms with Gasteiger partial charge < -0.3 is 4.98 Å². The molecule has 0 bridgehead atoms. The van der Waals surface area contributed by atoms with E-state index in [4.69, 9.17) is 0 Å². The minimum absolute atomic E-state index is 0.489. The van der Waals surface area contributed by atoms with Crippen LogP contribution in [0.3, 0.4) is 0 Å². The number of rotatable bonds is 4. The van der Waals surface area contributed by atoms with Gasteiger partial charge in [-0.25, -0.2) is 8.42 Å². The number of nitrogens with zero attached hydrogens (tertiary/aromatic N) is 1. The zero-order valence-electron chi connectivity index (χ0n) is 11.6. The maximum atomic E-state index is 11.8. The van der Waals surface area contributed by atoms with Gasteiger partial charge in [-0.3, -0.25) is 4.31 Å². The van der Waals surface area contributed by atoms with Crippen LogP contribution in [0.5, 0.6) is 0 Å². The maximum Gasteiger partial charge on any atom is 0.233 e. The van der Waals surface area contributed by atoms with E-state index in [-0.39, 0.29) is 0 Å². The summed E-state index contributed by atoms with van der Waals surface area (Å²) in [7, 11) is -1.65. The highest BCUT2D eigenvalue weighted by atomic mass is 32.2. The van der Waals surface area contributed by atoms with Crippen molar-refractivity contribution in [1.29, 1.82) is 0 Å². The van der Waals surface area contributed by atoms with Gasteiger partial charge in [0.2, 0.25) is 10.0 Å². The first-order chi connectivity index (χ1) is 9.47. The van der Waals surface area contributed by atoms with Crippen LogP contribution in [0.15, 0.2) is 36.4 Å². The molecule has 0 saturated heterocycles. The fourth-order valence-corrected chi connectivity index (χ4v) is 2.85. The summed E-state index contributed by atoms with van der Waals surface area (Å²) in [5.74, 6) is 1.19. The van der Waals surface area contributed by atoms with Gasteiger partial charge in [-0.1, -0.05) is 30.3 Å². The minimum atomic E-state index is -3.25. The van der Waals surface area contributed by atoms with Crippen LogP contribution in [0.1, 0.15) is 24.3 Å². The lowest BCUT2D eigenvalue weighted by Crippen LogP contribution is -2.26. The molecule has 1 N–H and O–H groups in total. The molecular formula is C15H18N2O2S. The third kappa shape index (κ3) is 2.45. The molecule has 1 fully saturated rings. The number of aromatic nitrogens is 1. The predicted molar refractivity (Wildman–Crippen MR) is 81.5 cm³/mol. The Labute approximate surface area is 119 Å². The first-order valence-electron chi connectivity index (χ1n) is 6.69. The lowest BCUT2D eigenvalue weighted by Gasteiger charge is -2.16. The highest BCUT2D eigenvalue weighted by Crippen LogP contribution is 2.46. The molecule has 0 spiro atoms. The summed E-state index contributed by atoms with van der Waals surface area (Å²) in [6, 6.07) is 12.1. The minimum Gasteiger partial charge on any atom is -0.340 e. The van der Waals surface area contributed by atoms with Gasteiger partial charge >= 0.3 is 0 Å². The van der Waals surface area contributed by atoms with Crippen LogP contribution in [0.25, 0.3) is 11.3 Å². The molecule has 1 saturated carbocycles. The molecule has 0 amide bonds. The van der Waals surface area contributed by atoms with Gasteiger partial charge in [0.05, 0.1) is 6.26 Å². The van der Waals surface area contributed by atoms with Crippen LogP contribution in [0.4, 0.5) is 5.82 Å². The molecule has 1 aliphatic carbocycles. The van der Waals surface area contributed by atoms with Crippen molar-refractivity contribution < 1.29 is 8.42 Å². The molecule has 5 heteroatoms. The third-order valence-corrected chi connectivity index (χ3v) is 4.92. The monoisotopic (exact) mass is 290 g/mol. The molecule has 2 aromatic rings. The van der Waals surface area contributed by atoms with E-state index in [1.807, 2.05) is 30.3 Å². The summed E-state index contributed by atoms with van der Waals surface area (Å²) in [5.41, 5.74) is 3.15. The standard InChI is InChI=1S/C15H18N2O2S/c1-17(20(2,18)19)15-13(11-8-9-11)10-14(16-15)12-6-4-3-5-7-12/h3-7,10-11,16H,8-9H2,1-2H3. The molecule has 0 radical (unpaired) electrons. The second kappa shape index (κ2) is 4.66. The van der Waals surface area contributed by atoms with Crippen molar-refractivity contribution in [3.05, 3.63) is 42.0 Å². The van der Waals surface area contributed by atoms with Crippen LogP contribution >= 0.6 is 0 Å². The van der Waals surface area contributed by atoms with E-state index in [9.17, 15) is 8.42 Å². The number of nitrogens with one attached hydrogen (secondary N) is 1. The predicted octanol–water partition coefficient (Wildman–Crippen LogP) is 2.95. The van der Waals surface area contributed by atoms with Gasteiger partial charge in [-0.15, -0.1) is 0 Å². The molecule has 3 rings (SSSR count). The first-order valence-corrected chi connectivity index (χ1v) is 8.54. The number of aromatic amines is 1. The topological polar surface area (TPSA) is 53.2 Å². The Bertz CT molecular complexity index is 716. The van der Waals surface area contributed by atoms with E-state index in [0.29, 0.717) is 11.7 Å². The largest absolute Gasteiger partial charge is 0.340 e. The fourth-order valence-electron chi connectivity index (χ4n) is 2.36. The summed E-state index contributed by atoms with van der Waals surface area (Å²) in [4.78, 5) is 3.27. The number of hydrogen-bond acceptors (Lipinski definition) is 2. The van der Waals surface area contributed by atoms with Crippen LogP contribution in [0, 0.1) is 0 Å². The normalized spacial score (nSPS) is 15.3. The van der Waals surface area contributed by atoms with Gasteiger partial charge in [-0.05, 0) is 36.0 Å². The van der Waals surface area contributed by atoms with Crippen molar-refractivity contribution in [2.24, 2.45) is 0 Å². The zero-order valence-corrected chi connectivity index (χ0v) is 12.4. The van der Waals surface area contributed by atoms with E-state index >= 15 is 0 Å². The van der Waals surface area contributed by atoms with Gasteiger partial charge in [0.25, 0.3) is 0 Å². The van der Waals surface area contributed by atoms with Crippen LogP contribution in [0.2, 0.25) is 0 Å². The van der Waals surface area contributed by atoms with Gasteiger partial charge in [-0.2, -0.15) is 0 Å². The second-order valence-electron chi connectivity index (χ2n) is 5.36. The molecule has 106 valence electrons. The van der Waals surface area contributed by atoms with Crippen molar-refractivity contribution in [3.8, 4) is 11.3 Å². The van der Waals surface area contributed by atoms with Gasteiger partial charge in [0.1, 0.15) is 5.82 Å². The quantitative estimate of drug-likeness (QED) is 0.941. The van der Waals surface area contributed by atoms with Crippen LogP contribution < -0.4 is 4.31 Å². The van der Waals surface area contributed by atoms with Crippen LogP contribution in [-0.4, -0.2) is 26.7 Å². The molecule has 0 unspecified atom stereocenters. The molecule has 1 aromatic heterocycles. The number of H-pyrrole nitrogens is 1. The Morgan fingerprint density at radius 3 is 2.40 bits per heavy atom. The molecule has 0 aliphatic heterocycles. The third-order valence-electron chi connectivity index (χ3n) is 3.74. The Balaban J connectivity index is 2.08. The van der Waals surface area contributed by atoms with E-state index in [1.165, 1.54) is 10.6 Å². The van der Waals surface area contributed by atoms with Crippen molar-refractivity contribution >= 4 is 15.8 Å². The fraction of sp³-hybridized carbons (Fsp3) is 0.333. The molecule has 1 heterocycles. The van der Waals surface area contributed by atoms with Gasteiger partial charge in [0, 0.05) is 12.7 Å². The van der Waals surface area contributed by atoms with Gasteiger partial charge in [0.15, 0.2) is 0 Å². The average molecular weight is 290 g/mol. The number of benzene rings is 1. The lowest BCUT2D eigenvalue weighted by atomic mass is 10.1. The Morgan fingerprint density at radius 2 is 1.85 bits per heavy atom. The van der Waals surface area contributed by atoms with E-state index < -0.39 is 10.0 Å². The van der Waals surface area contributed by atoms with Crippen LogP contribution in [-0.2, 0) is 10.0 Å². The number of anilines is 1. The second-order valence-corrected chi connectivity index (χ2v) is 7.37. The number of sulfonamides is 1. The average Bonchev–Trinajstić information content (AvgIpc) is 3.17. The smallest absolute Gasteiger partial charge is 0.233 e. The molecule has 0 atom stereocenters. The lowest BCUT2D eigenvalue weighted by molar-refractivity contribution is 0.599. The zero-order chi connectivity index (χ0) is 14.3. The summed E-state index contributed by atoms with van der Waals surface area (Å²) in [6.07, 6.45) is 3.50. The van der Waals surface area contributed by atoms with Crippen molar-refractivity contribution in [2.75, 3.05) is 17.6 Å². The molecular weight excluding hydrogens is 272 g/mol. The summed E-state index contributed by atoms with van der Waals surface area (Å²) < 4.78 is 24.9. The van der Waals surface area contributed by atoms with E-state index in [1.54, 1.807) is 7.05 Å². The molecule has 1 aliphatic rings. The highest BCUT2D eigenvalue weighted by molar-refractivity contribution is 7.92. The first kappa shape index (κ1) is 13.2. The summed E-state index contributed by atoms with van der Waals surface area (Å²) in [6.45, 7) is 0. The Morgan fingerprint density at radius 1 is 1.20 bits per heavy atom. The Kier molecular flexibility index (Phi) is 3.09. The highest BCUT2D eigenvalue weighted by Gasteiger charge is 2.31. The molecule has 1 aromatic carbocycles. The summed E-state index contributed by atoms with van der Waals surface area (Å²) in [5, 5.41) is 0. The van der Waals surface area contributed by atoms with Crippen molar-refractivity contribution in [2.45, 2.75) is 18.8 Å². The van der Waals surface area contributed by atoms with E-state index in [2.05, 4.69) is 11.1 Å². The maximum absolute atomic E-state index is 11.8. The van der Waals surface area contributed by atoms with Crippen molar-refractivity contribution in [1.82, 2.24) is 4.98 Å².